The van der Waals surface area contributed by atoms with Crippen LogP contribution in [0.1, 0.15) is 16.1 Å². The maximum atomic E-state index is 12.2. The first-order chi connectivity index (χ1) is 10.8. The predicted octanol–water partition coefficient (Wildman–Crippen LogP) is 3.51. The van der Waals surface area contributed by atoms with E-state index in [1.54, 1.807) is 30.6 Å². The van der Waals surface area contributed by atoms with Gasteiger partial charge >= 0.3 is 0 Å². The third-order valence-corrected chi connectivity index (χ3v) is 3.01. The molecule has 2 heterocycles. The molecule has 0 aliphatic heterocycles. The van der Waals surface area contributed by atoms with Crippen LogP contribution >= 0.6 is 0 Å². The number of furan rings is 1. The second-order valence-electron chi connectivity index (χ2n) is 4.57. The van der Waals surface area contributed by atoms with E-state index in [0.29, 0.717) is 11.3 Å². The molecule has 0 atom stereocenters. The van der Waals surface area contributed by atoms with E-state index in [-0.39, 0.29) is 18.3 Å². The van der Waals surface area contributed by atoms with Crippen LogP contribution in [0.25, 0.3) is 0 Å². The van der Waals surface area contributed by atoms with Crippen molar-refractivity contribution in [3.05, 3.63) is 78.5 Å². The minimum Gasteiger partial charge on any atom is -0.489 e. The van der Waals surface area contributed by atoms with Crippen molar-refractivity contribution in [2.75, 3.05) is 5.32 Å². The number of nitrogens with one attached hydrogen (secondary N) is 1. The van der Waals surface area contributed by atoms with Crippen LogP contribution in [0.4, 0.5) is 5.69 Å². The Morgan fingerprint density at radius 2 is 2.00 bits per heavy atom. The average molecular weight is 294 g/mol. The van der Waals surface area contributed by atoms with Gasteiger partial charge in [0.1, 0.15) is 12.4 Å². The Balaban J connectivity index is 1.68. The number of carbonyl (C=O) groups excluding carboxylic acids is 1. The van der Waals surface area contributed by atoms with Gasteiger partial charge < -0.3 is 14.5 Å². The Kier molecular flexibility index (Phi) is 4.15. The Bertz CT molecular complexity index is 739. The predicted molar refractivity (Wildman–Crippen MR) is 81.7 cm³/mol. The highest BCUT2D eigenvalue weighted by atomic mass is 16.5. The number of pyridine rings is 1. The smallest absolute Gasteiger partial charge is 0.291 e. The molecule has 5 heteroatoms. The number of hydrogen-bond acceptors (Lipinski definition) is 4. The molecule has 0 unspecified atom stereocenters. The lowest BCUT2D eigenvalue weighted by atomic mass is 10.2. The van der Waals surface area contributed by atoms with Crippen LogP contribution in [0.15, 0.2) is 71.6 Å². The largest absolute Gasteiger partial charge is 0.489 e. The van der Waals surface area contributed by atoms with Crippen molar-refractivity contribution in [3.8, 4) is 5.75 Å². The molecule has 1 aromatic carbocycles. The van der Waals surface area contributed by atoms with Gasteiger partial charge in [-0.1, -0.05) is 18.2 Å². The molecule has 2 aromatic heterocycles. The summed E-state index contributed by atoms with van der Waals surface area (Å²) in [6, 6.07) is 14.6. The molecule has 3 rings (SSSR count). The highest BCUT2D eigenvalue weighted by molar-refractivity contribution is 6.03. The zero-order valence-electron chi connectivity index (χ0n) is 11.7. The molecule has 1 amide bonds. The van der Waals surface area contributed by atoms with Crippen molar-refractivity contribution in [2.45, 2.75) is 6.61 Å². The minimum atomic E-state index is -0.329. The van der Waals surface area contributed by atoms with Gasteiger partial charge in [-0.05, 0) is 30.3 Å². The third kappa shape index (κ3) is 3.32. The van der Waals surface area contributed by atoms with Gasteiger partial charge in [-0.25, -0.2) is 0 Å². The summed E-state index contributed by atoms with van der Waals surface area (Å²) in [6.45, 7) is 0.260. The van der Waals surface area contributed by atoms with E-state index in [9.17, 15) is 4.79 Å². The second-order valence-corrected chi connectivity index (χ2v) is 4.57. The zero-order chi connectivity index (χ0) is 15.2. The minimum absolute atomic E-state index is 0.236. The topological polar surface area (TPSA) is 64.4 Å². The van der Waals surface area contributed by atoms with E-state index in [4.69, 9.17) is 9.15 Å². The maximum Gasteiger partial charge on any atom is 0.291 e. The number of nitrogens with zero attached hydrogens (tertiary/aromatic N) is 1. The summed E-state index contributed by atoms with van der Waals surface area (Å²) < 4.78 is 10.9. The van der Waals surface area contributed by atoms with E-state index in [1.807, 2.05) is 30.3 Å². The highest BCUT2D eigenvalue weighted by Crippen LogP contribution is 2.17. The van der Waals surface area contributed by atoms with Gasteiger partial charge in [0.05, 0.1) is 18.1 Å². The molecule has 0 spiro atoms. The number of hydrogen-bond donors (Lipinski definition) is 1. The molecule has 22 heavy (non-hydrogen) atoms. The van der Waals surface area contributed by atoms with Crippen LogP contribution < -0.4 is 10.1 Å². The number of amides is 1. The Labute approximate surface area is 127 Å². The molecule has 0 fully saturated rings. The monoisotopic (exact) mass is 294 g/mol. The zero-order valence-corrected chi connectivity index (χ0v) is 11.7. The van der Waals surface area contributed by atoms with Gasteiger partial charge in [-0.15, -0.1) is 0 Å². The number of para-hydroxylation sites is 1. The molecule has 3 aromatic rings. The molecular weight excluding hydrogens is 280 g/mol. The quantitative estimate of drug-likeness (QED) is 0.782. The summed E-state index contributed by atoms with van der Waals surface area (Å²) >= 11 is 0. The summed E-state index contributed by atoms with van der Waals surface area (Å²) in [7, 11) is 0. The lowest BCUT2D eigenvalue weighted by Gasteiger charge is -2.07. The Morgan fingerprint density at radius 3 is 2.77 bits per heavy atom. The van der Waals surface area contributed by atoms with Crippen molar-refractivity contribution in [1.29, 1.82) is 0 Å². The summed E-state index contributed by atoms with van der Waals surface area (Å²) in [5, 5.41) is 2.73. The Morgan fingerprint density at radius 1 is 1.14 bits per heavy atom. The van der Waals surface area contributed by atoms with Crippen LogP contribution in [0.3, 0.4) is 0 Å². The van der Waals surface area contributed by atoms with E-state index in [1.165, 1.54) is 6.26 Å². The standard InChI is InChI=1S/C17H14N2O3/c20-17(19-14-5-4-9-18-11-14)16-13(8-10-21-16)12-22-15-6-2-1-3-7-15/h1-11H,12H2,(H,19,20). The molecule has 0 bridgehead atoms. The lowest BCUT2D eigenvalue weighted by molar-refractivity contribution is 0.0993. The van der Waals surface area contributed by atoms with Crippen molar-refractivity contribution < 1.29 is 13.9 Å². The van der Waals surface area contributed by atoms with Crippen LogP contribution in [-0.4, -0.2) is 10.9 Å². The summed E-state index contributed by atoms with van der Waals surface area (Å²) in [4.78, 5) is 16.2. The van der Waals surface area contributed by atoms with Crippen molar-refractivity contribution in [1.82, 2.24) is 4.98 Å². The van der Waals surface area contributed by atoms with E-state index < -0.39 is 0 Å². The molecule has 5 nitrogen and oxygen atoms in total. The first-order valence-electron chi connectivity index (χ1n) is 6.78. The molecular formula is C17H14N2O3. The van der Waals surface area contributed by atoms with Crippen LogP contribution in [0.5, 0.6) is 5.75 Å². The van der Waals surface area contributed by atoms with Gasteiger partial charge in [0, 0.05) is 11.8 Å². The van der Waals surface area contributed by atoms with Gasteiger partial charge in [0.25, 0.3) is 5.91 Å². The van der Waals surface area contributed by atoms with E-state index in [0.717, 1.165) is 5.75 Å². The summed E-state index contributed by atoms with van der Waals surface area (Å²) in [5.74, 6) is 0.645. The fourth-order valence-corrected chi connectivity index (χ4v) is 1.95. The molecule has 1 N–H and O–H groups in total. The third-order valence-electron chi connectivity index (χ3n) is 3.01. The second kappa shape index (κ2) is 6.58. The average Bonchev–Trinajstić information content (AvgIpc) is 3.03. The van der Waals surface area contributed by atoms with Gasteiger partial charge in [0.2, 0.25) is 0 Å². The normalized spacial score (nSPS) is 10.2. The first-order valence-corrected chi connectivity index (χ1v) is 6.78. The fraction of sp³-hybridized carbons (Fsp3) is 0.0588. The number of carbonyl (C=O) groups is 1. The van der Waals surface area contributed by atoms with Crippen LogP contribution in [-0.2, 0) is 6.61 Å². The molecule has 0 saturated heterocycles. The van der Waals surface area contributed by atoms with E-state index >= 15 is 0 Å². The molecule has 0 radical (unpaired) electrons. The number of aromatic nitrogens is 1. The van der Waals surface area contributed by atoms with Gasteiger partial charge in [0.15, 0.2) is 5.76 Å². The highest BCUT2D eigenvalue weighted by Gasteiger charge is 2.16. The number of anilines is 1. The van der Waals surface area contributed by atoms with Gasteiger partial charge in [-0.2, -0.15) is 0 Å². The first kappa shape index (κ1) is 13.9. The van der Waals surface area contributed by atoms with Crippen molar-refractivity contribution in [2.24, 2.45) is 0 Å². The molecule has 0 aliphatic rings. The van der Waals surface area contributed by atoms with Crippen LogP contribution in [0, 0.1) is 0 Å². The molecule has 0 saturated carbocycles. The van der Waals surface area contributed by atoms with E-state index in [2.05, 4.69) is 10.3 Å². The maximum absolute atomic E-state index is 12.2. The van der Waals surface area contributed by atoms with Gasteiger partial charge in [-0.3, -0.25) is 9.78 Å². The van der Waals surface area contributed by atoms with Crippen LogP contribution in [0.2, 0.25) is 0 Å². The fourth-order valence-electron chi connectivity index (χ4n) is 1.95. The molecule has 110 valence electrons. The number of ether oxygens (including phenoxy) is 1. The number of rotatable bonds is 5. The lowest BCUT2D eigenvalue weighted by Crippen LogP contribution is -2.13. The Hall–Kier alpha value is -3.08. The summed E-state index contributed by atoms with van der Waals surface area (Å²) in [5.41, 5.74) is 1.30. The number of benzene rings is 1. The molecule has 0 aliphatic carbocycles. The SMILES string of the molecule is O=C(Nc1cccnc1)c1occc1COc1ccccc1. The summed E-state index contributed by atoms with van der Waals surface area (Å²) in [6.07, 6.45) is 4.69. The van der Waals surface area contributed by atoms with Crippen molar-refractivity contribution >= 4 is 11.6 Å². The van der Waals surface area contributed by atoms with Crippen molar-refractivity contribution in [3.63, 3.8) is 0 Å².